The third kappa shape index (κ3) is 1.64. The second kappa shape index (κ2) is 3.88. The van der Waals surface area contributed by atoms with E-state index in [0.717, 1.165) is 26.2 Å². The van der Waals surface area contributed by atoms with Gasteiger partial charge in [0.15, 0.2) is 0 Å². The molecular weight excluding hydrogens is 210 g/mol. The van der Waals surface area contributed by atoms with E-state index >= 15 is 0 Å². The Bertz CT molecular complexity index is 482. The van der Waals surface area contributed by atoms with Crippen molar-refractivity contribution in [2.75, 3.05) is 6.26 Å². The van der Waals surface area contributed by atoms with Crippen LogP contribution in [0.15, 0.2) is 35.2 Å². The first-order chi connectivity index (χ1) is 6.72. The van der Waals surface area contributed by atoms with Gasteiger partial charge in [0.05, 0.1) is 0 Å². The molecule has 0 aliphatic rings. The van der Waals surface area contributed by atoms with Crippen molar-refractivity contribution < 1.29 is 0 Å². The summed E-state index contributed by atoms with van der Waals surface area (Å²) in [6, 6.07) is 9.85. The Balaban J connectivity index is 2.80. The number of halogens is 1. The SMILES string of the molecule is [B]c1cc2cccc(Cl)c2cc1SC. The minimum atomic E-state index is 0.776. The lowest BCUT2D eigenvalue weighted by Gasteiger charge is -2.06. The molecule has 0 saturated heterocycles. The summed E-state index contributed by atoms with van der Waals surface area (Å²) < 4.78 is 0. The van der Waals surface area contributed by atoms with Gasteiger partial charge < -0.3 is 0 Å². The summed E-state index contributed by atoms with van der Waals surface area (Å²) in [7, 11) is 5.88. The second-order valence-corrected chi connectivity index (χ2v) is 4.31. The molecule has 0 aromatic heterocycles. The third-order valence-electron chi connectivity index (χ3n) is 2.18. The Morgan fingerprint density at radius 2 is 2.07 bits per heavy atom. The molecular formula is C11H8BClS. The fraction of sp³-hybridized carbons (Fsp3) is 0.0909. The number of fused-ring (bicyclic) bond motifs is 1. The van der Waals surface area contributed by atoms with Gasteiger partial charge in [0, 0.05) is 15.3 Å². The molecule has 0 atom stereocenters. The lowest BCUT2D eigenvalue weighted by molar-refractivity contribution is 1.58. The molecule has 0 saturated carbocycles. The lowest BCUT2D eigenvalue weighted by Crippen LogP contribution is -2.05. The third-order valence-corrected chi connectivity index (χ3v) is 3.30. The molecule has 2 rings (SSSR count). The van der Waals surface area contributed by atoms with Gasteiger partial charge in [-0.15, -0.1) is 11.8 Å². The molecule has 14 heavy (non-hydrogen) atoms. The Hall–Kier alpha value is -0.595. The van der Waals surface area contributed by atoms with Crippen LogP contribution in [0.1, 0.15) is 0 Å². The normalized spacial score (nSPS) is 10.7. The van der Waals surface area contributed by atoms with Gasteiger partial charge in [-0.05, 0) is 23.8 Å². The van der Waals surface area contributed by atoms with Crippen molar-refractivity contribution in [2.45, 2.75) is 4.90 Å². The summed E-state index contributed by atoms with van der Waals surface area (Å²) in [6.45, 7) is 0. The highest BCUT2D eigenvalue weighted by molar-refractivity contribution is 7.98. The Morgan fingerprint density at radius 1 is 1.29 bits per heavy atom. The van der Waals surface area contributed by atoms with Crippen LogP contribution in [0.2, 0.25) is 5.02 Å². The van der Waals surface area contributed by atoms with Crippen molar-refractivity contribution in [3.63, 3.8) is 0 Å². The average Bonchev–Trinajstić information content (AvgIpc) is 2.17. The highest BCUT2D eigenvalue weighted by Crippen LogP contribution is 2.26. The number of thioether (sulfide) groups is 1. The summed E-state index contributed by atoms with van der Waals surface area (Å²) in [6.07, 6.45) is 2.01. The Labute approximate surface area is 94.1 Å². The summed E-state index contributed by atoms with van der Waals surface area (Å²) in [5.41, 5.74) is 0.812. The van der Waals surface area contributed by atoms with E-state index in [1.807, 2.05) is 36.6 Å². The van der Waals surface area contributed by atoms with Crippen molar-refractivity contribution in [3.8, 4) is 0 Å². The minimum absolute atomic E-state index is 0.776. The van der Waals surface area contributed by atoms with Gasteiger partial charge in [-0.3, -0.25) is 0 Å². The van der Waals surface area contributed by atoms with E-state index in [1.54, 1.807) is 11.8 Å². The molecule has 2 aromatic carbocycles. The fourth-order valence-corrected chi connectivity index (χ4v) is 2.23. The number of hydrogen-bond acceptors (Lipinski definition) is 1. The van der Waals surface area contributed by atoms with Crippen LogP contribution in [-0.2, 0) is 0 Å². The Morgan fingerprint density at radius 3 is 2.79 bits per heavy atom. The van der Waals surface area contributed by atoms with Crippen molar-refractivity contribution >= 4 is 47.4 Å². The maximum absolute atomic E-state index is 6.09. The van der Waals surface area contributed by atoms with Crippen molar-refractivity contribution in [3.05, 3.63) is 35.4 Å². The molecule has 2 radical (unpaired) electrons. The van der Waals surface area contributed by atoms with Gasteiger partial charge >= 0.3 is 0 Å². The van der Waals surface area contributed by atoms with E-state index in [1.165, 1.54) is 0 Å². The Kier molecular flexibility index (Phi) is 2.75. The van der Waals surface area contributed by atoms with Gasteiger partial charge in [0.1, 0.15) is 7.85 Å². The lowest BCUT2D eigenvalue weighted by atomic mass is 9.93. The zero-order valence-corrected chi connectivity index (χ0v) is 9.32. The standard InChI is InChI=1S/C11H8BClS/c1-14-11-6-8-7(5-9(11)12)3-2-4-10(8)13/h2-6H,1H3. The molecule has 0 bridgehead atoms. The predicted octanol–water partition coefficient (Wildman–Crippen LogP) is 3.01. The van der Waals surface area contributed by atoms with Gasteiger partial charge in [-0.2, -0.15) is 0 Å². The quantitative estimate of drug-likeness (QED) is 0.524. The zero-order chi connectivity index (χ0) is 10.1. The minimum Gasteiger partial charge on any atom is -0.130 e. The van der Waals surface area contributed by atoms with Crippen LogP contribution in [0.25, 0.3) is 10.8 Å². The smallest absolute Gasteiger partial charge is 0.115 e. The van der Waals surface area contributed by atoms with Crippen molar-refractivity contribution in [2.24, 2.45) is 0 Å². The van der Waals surface area contributed by atoms with Crippen LogP contribution in [-0.4, -0.2) is 14.1 Å². The maximum atomic E-state index is 6.09. The van der Waals surface area contributed by atoms with Gasteiger partial charge in [0.25, 0.3) is 0 Å². The molecule has 3 heteroatoms. The first-order valence-electron chi connectivity index (χ1n) is 4.24. The summed E-state index contributed by atoms with van der Waals surface area (Å²) in [5, 5.41) is 2.93. The zero-order valence-electron chi connectivity index (χ0n) is 7.75. The highest BCUT2D eigenvalue weighted by Gasteiger charge is 2.02. The first-order valence-corrected chi connectivity index (χ1v) is 5.84. The van der Waals surface area contributed by atoms with Gasteiger partial charge in [-0.1, -0.05) is 35.3 Å². The van der Waals surface area contributed by atoms with Crippen LogP contribution >= 0.6 is 23.4 Å². The summed E-state index contributed by atoms with van der Waals surface area (Å²) >= 11 is 7.72. The molecule has 0 spiro atoms. The van der Waals surface area contributed by atoms with Crippen LogP contribution < -0.4 is 5.46 Å². The average molecular weight is 219 g/mol. The van der Waals surface area contributed by atoms with Gasteiger partial charge in [0.2, 0.25) is 0 Å². The molecule has 68 valence electrons. The highest BCUT2D eigenvalue weighted by atomic mass is 35.5. The second-order valence-electron chi connectivity index (χ2n) is 3.06. The van der Waals surface area contributed by atoms with E-state index in [0.29, 0.717) is 0 Å². The maximum Gasteiger partial charge on any atom is 0.115 e. The van der Waals surface area contributed by atoms with Crippen LogP contribution in [0.5, 0.6) is 0 Å². The van der Waals surface area contributed by atoms with E-state index in [4.69, 9.17) is 19.4 Å². The van der Waals surface area contributed by atoms with Crippen LogP contribution in [0.3, 0.4) is 0 Å². The molecule has 0 nitrogen and oxygen atoms in total. The van der Waals surface area contributed by atoms with E-state index in [9.17, 15) is 0 Å². The molecule has 0 aliphatic heterocycles. The van der Waals surface area contributed by atoms with E-state index < -0.39 is 0 Å². The molecule has 0 amide bonds. The fourth-order valence-electron chi connectivity index (χ4n) is 1.46. The summed E-state index contributed by atoms with van der Waals surface area (Å²) in [4.78, 5) is 1.07. The molecule has 0 N–H and O–H groups in total. The number of benzene rings is 2. The number of rotatable bonds is 1. The topological polar surface area (TPSA) is 0 Å². The molecule has 0 aliphatic carbocycles. The molecule has 0 heterocycles. The predicted molar refractivity (Wildman–Crippen MR) is 66.1 cm³/mol. The van der Waals surface area contributed by atoms with E-state index in [-0.39, 0.29) is 0 Å². The molecule has 2 aromatic rings. The van der Waals surface area contributed by atoms with Gasteiger partial charge in [-0.25, -0.2) is 0 Å². The molecule has 0 fully saturated rings. The number of hydrogen-bond donors (Lipinski definition) is 0. The van der Waals surface area contributed by atoms with E-state index in [2.05, 4.69) is 0 Å². The largest absolute Gasteiger partial charge is 0.130 e. The van der Waals surface area contributed by atoms with Crippen molar-refractivity contribution in [1.29, 1.82) is 0 Å². The molecule has 0 unspecified atom stereocenters. The summed E-state index contributed by atoms with van der Waals surface area (Å²) in [5.74, 6) is 0. The first kappa shape index (κ1) is 9.94. The van der Waals surface area contributed by atoms with Crippen LogP contribution in [0, 0.1) is 0 Å². The van der Waals surface area contributed by atoms with Crippen LogP contribution in [0.4, 0.5) is 0 Å². The monoisotopic (exact) mass is 218 g/mol. The van der Waals surface area contributed by atoms with Crippen molar-refractivity contribution in [1.82, 2.24) is 0 Å².